The van der Waals surface area contributed by atoms with E-state index in [0.29, 0.717) is 44.3 Å². The Labute approximate surface area is 309 Å². The number of nitrogens with zero attached hydrogens (tertiary/aromatic N) is 4. The second-order valence-corrected chi connectivity index (χ2v) is 21.4. The van der Waals surface area contributed by atoms with Crippen molar-refractivity contribution in [2.24, 2.45) is 0 Å². The third-order valence-electron chi connectivity index (χ3n) is 10.3. The normalized spacial score (nSPS) is 23.4. The number of ether oxygens (including phenoxy) is 3. The molecule has 1 amide bonds. The van der Waals surface area contributed by atoms with E-state index < -0.39 is 59.5 Å². The maximum absolute atomic E-state index is 14.1. The molecule has 2 aromatic heterocycles. The number of rotatable bonds is 17. The highest BCUT2D eigenvalue weighted by molar-refractivity contribution is 7.87. The van der Waals surface area contributed by atoms with E-state index in [2.05, 4.69) is 54.1 Å². The monoisotopic (exact) mass is 785 g/mol. The number of imidazole rings is 1. The Morgan fingerprint density at radius 2 is 1.70 bits per heavy atom. The number of anilines is 1. The highest BCUT2D eigenvalue weighted by atomic mass is 32.2. The molecular weight excluding hydrogens is 736 g/mol. The summed E-state index contributed by atoms with van der Waals surface area (Å²) in [7, 11) is -8.80. The smallest absolute Gasteiger partial charge is 0.408 e. The fourth-order valence-electron chi connectivity index (χ4n) is 6.21. The largest absolute Gasteiger partial charge is 0.523 e. The van der Waals surface area contributed by atoms with Gasteiger partial charge in [0.15, 0.2) is 43.2 Å². The van der Waals surface area contributed by atoms with Crippen molar-refractivity contribution in [1.82, 2.24) is 19.5 Å². The van der Waals surface area contributed by atoms with E-state index in [4.69, 9.17) is 22.8 Å². The van der Waals surface area contributed by atoms with Crippen molar-refractivity contribution in [1.29, 1.82) is 0 Å². The highest BCUT2D eigenvalue weighted by Gasteiger charge is 2.74. The number of halogens is 3. The lowest BCUT2D eigenvalue weighted by Gasteiger charge is -2.47. The Balaban J connectivity index is 1.68. The van der Waals surface area contributed by atoms with Crippen LogP contribution in [-0.4, -0.2) is 90.9 Å². The molecule has 3 heterocycles. The molecule has 2 aliphatic rings. The van der Waals surface area contributed by atoms with Crippen LogP contribution < -0.4 is 5.32 Å². The first-order chi connectivity index (χ1) is 24.8. The van der Waals surface area contributed by atoms with Crippen molar-refractivity contribution in [2.75, 3.05) is 25.1 Å². The predicted octanol–water partition coefficient (Wildman–Crippen LogP) is 7.14. The second kappa shape index (κ2) is 15.6. The van der Waals surface area contributed by atoms with Crippen LogP contribution in [0.15, 0.2) is 43.0 Å². The van der Waals surface area contributed by atoms with Gasteiger partial charge < -0.3 is 24.0 Å². The summed E-state index contributed by atoms with van der Waals surface area (Å²) >= 11 is 0. The van der Waals surface area contributed by atoms with Crippen LogP contribution in [0.5, 0.6) is 0 Å². The van der Waals surface area contributed by atoms with Gasteiger partial charge in [-0.25, -0.2) is 15.0 Å². The highest BCUT2D eigenvalue weighted by Crippen LogP contribution is 2.61. The number of carbonyl (C=O) groups excluding carboxylic acids is 1. The predicted molar refractivity (Wildman–Crippen MR) is 193 cm³/mol. The molecule has 2 fully saturated rings. The second-order valence-electron chi connectivity index (χ2n) is 15.1. The van der Waals surface area contributed by atoms with Gasteiger partial charge in [0, 0.05) is 18.8 Å². The number of hydrogen-bond donors (Lipinski definition) is 1. The average molecular weight is 786 g/mol. The minimum absolute atomic E-state index is 0.0193. The van der Waals surface area contributed by atoms with E-state index in [9.17, 15) is 26.4 Å². The van der Waals surface area contributed by atoms with Crippen molar-refractivity contribution in [3.8, 4) is 0 Å². The first-order valence-electron chi connectivity index (χ1n) is 17.9. The summed E-state index contributed by atoms with van der Waals surface area (Å²) in [4.78, 5) is 26.0. The number of fused-ring (bicyclic) bond motifs is 1. The molecule has 1 aromatic carbocycles. The SMILES string of the molecule is CCCCOC[C@@]1(C2(O[Si](C)(C)C(C)(C)C)CC2)O[C@@H](n2cnc3c(NC(=O)c4ccccc4)ncnc32)C(OS(=O)(=O)C(F)(F)F)C1OCCCC. The van der Waals surface area contributed by atoms with Crippen molar-refractivity contribution in [3.63, 3.8) is 0 Å². The third-order valence-corrected chi connectivity index (χ3v) is 15.8. The first-order valence-corrected chi connectivity index (χ1v) is 22.3. The molecule has 3 aromatic rings. The first kappa shape index (κ1) is 41.2. The summed E-state index contributed by atoms with van der Waals surface area (Å²) in [6.45, 7) is 14.4. The Bertz CT molecular complexity index is 1840. The van der Waals surface area contributed by atoms with Gasteiger partial charge in [0.1, 0.15) is 12.4 Å². The van der Waals surface area contributed by atoms with E-state index in [1.54, 1.807) is 30.3 Å². The lowest BCUT2D eigenvalue weighted by molar-refractivity contribution is -0.206. The maximum Gasteiger partial charge on any atom is 0.523 e. The summed E-state index contributed by atoms with van der Waals surface area (Å²) in [5.41, 5.74) is -8.03. The summed E-state index contributed by atoms with van der Waals surface area (Å²) in [5, 5.41) is 2.44. The molecule has 1 saturated heterocycles. The Hall–Kier alpha value is -3.00. The Morgan fingerprint density at radius 1 is 1.04 bits per heavy atom. The van der Waals surface area contributed by atoms with Crippen molar-refractivity contribution in [2.45, 2.75) is 126 Å². The molecule has 13 nitrogen and oxygen atoms in total. The Morgan fingerprint density at radius 3 is 2.30 bits per heavy atom. The quantitative estimate of drug-likeness (QED) is 0.0644. The Kier molecular flexibility index (Phi) is 12.1. The number of nitrogens with one attached hydrogen (secondary N) is 1. The number of benzene rings is 1. The molecule has 1 aliphatic heterocycles. The molecule has 18 heteroatoms. The summed E-state index contributed by atoms with van der Waals surface area (Å²) in [6.07, 6.45) is 1.12. The number of hydrogen-bond acceptors (Lipinski definition) is 11. The number of amides is 1. The van der Waals surface area contributed by atoms with E-state index >= 15 is 0 Å². The maximum atomic E-state index is 14.1. The fraction of sp³-hybridized carbons (Fsp3) is 0.657. The van der Waals surface area contributed by atoms with Crippen molar-refractivity contribution >= 4 is 41.3 Å². The van der Waals surface area contributed by atoms with Crippen LogP contribution in [0.25, 0.3) is 11.2 Å². The van der Waals surface area contributed by atoms with Gasteiger partial charge in [-0.15, -0.1) is 0 Å². The standard InChI is InChI=1S/C35H50F3N5O8SSi/c1-8-10-19-47-21-34(33(17-18-33)51-53(6,7)32(3,4)5)27(48-20-11-9-2)26(50-52(45,46)35(36,37)38)31(49-34)43-23-41-25-28(39-22-40-29(25)43)42-30(44)24-15-13-12-14-16-24/h12-16,22-23,26-27,31H,8-11,17-21H2,1-7H3,(H,39,40,42,44)/t26?,27?,31-,34-/m1/s1. The molecule has 53 heavy (non-hydrogen) atoms. The summed E-state index contributed by atoms with van der Waals surface area (Å²) < 4.78 is 101. The van der Waals surface area contributed by atoms with Gasteiger partial charge in [-0.3, -0.25) is 13.5 Å². The van der Waals surface area contributed by atoms with Gasteiger partial charge in [0.25, 0.3) is 5.91 Å². The van der Waals surface area contributed by atoms with Gasteiger partial charge in [-0.2, -0.15) is 21.6 Å². The van der Waals surface area contributed by atoms with Crippen LogP contribution in [0.4, 0.5) is 19.0 Å². The molecule has 5 rings (SSSR count). The van der Waals surface area contributed by atoms with Crippen LogP contribution in [0.1, 0.15) is 89.7 Å². The van der Waals surface area contributed by atoms with Crippen LogP contribution in [0.2, 0.25) is 18.1 Å². The lowest BCUT2D eigenvalue weighted by Crippen LogP contribution is -2.63. The molecule has 4 atom stereocenters. The van der Waals surface area contributed by atoms with Gasteiger partial charge in [0.2, 0.25) is 0 Å². The molecule has 1 saturated carbocycles. The molecule has 2 unspecified atom stereocenters. The van der Waals surface area contributed by atoms with E-state index in [-0.39, 0.29) is 35.2 Å². The van der Waals surface area contributed by atoms with Crippen molar-refractivity contribution in [3.05, 3.63) is 48.5 Å². The minimum atomic E-state index is -6.20. The van der Waals surface area contributed by atoms with Crippen LogP contribution >= 0.6 is 0 Å². The number of carbonyl (C=O) groups is 1. The van der Waals surface area contributed by atoms with Crippen LogP contribution in [0, 0.1) is 0 Å². The zero-order valence-corrected chi connectivity index (χ0v) is 33.1. The minimum Gasteiger partial charge on any atom is -0.408 e. The van der Waals surface area contributed by atoms with Crippen LogP contribution in [0.3, 0.4) is 0 Å². The average Bonchev–Trinajstić information content (AvgIpc) is 3.62. The van der Waals surface area contributed by atoms with E-state index in [1.807, 2.05) is 13.8 Å². The van der Waals surface area contributed by atoms with Crippen molar-refractivity contribution < 1.29 is 49.2 Å². The fourth-order valence-corrected chi connectivity index (χ4v) is 8.47. The lowest BCUT2D eigenvalue weighted by atomic mass is 9.87. The van der Waals surface area contributed by atoms with E-state index in [0.717, 1.165) is 12.7 Å². The molecule has 0 bridgehead atoms. The van der Waals surface area contributed by atoms with Gasteiger partial charge >= 0.3 is 15.6 Å². The molecule has 1 aliphatic carbocycles. The number of aromatic nitrogens is 4. The molecule has 0 spiro atoms. The molecule has 0 radical (unpaired) electrons. The topological polar surface area (TPSA) is 153 Å². The number of alkyl halides is 3. The molecular formula is C35H50F3N5O8SSi. The van der Waals surface area contributed by atoms with Gasteiger partial charge in [0.05, 0.1) is 18.5 Å². The van der Waals surface area contributed by atoms with Gasteiger partial charge in [-0.1, -0.05) is 65.7 Å². The summed E-state index contributed by atoms with van der Waals surface area (Å²) in [5.74, 6) is -0.466. The van der Waals surface area contributed by atoms with Crippen LogP contribution in [-0.2, 0) is 32.9 Å². The zero-order chi connectivity index (χ0) is 38.9. The van der Waals surface area contributed by atoms with Gasteiger partial charge in [-0.05, 0) is 55.9 Å². The molecule has 294 valence electrons. The number of unbranched alkanes of at least 4 members (excludes halogenated alkanes) is 2. The third kappa shape index (κ3) is 8.33. The van der Waals surface area contributed by atoms with E-state index in [1.165, 1.54) is 10.9 Å². The zero-order valence-electron chi connectivity index (χ0n) is 31.2. The molecule has 1 N–H and O–H groups in total. The summed E-state index contributed by atoms with van der Waals surface area (Å²) in [6, 6.07) is 8.39.